The van der Waals surface area contributed by atoms with Crippen molar-refractivity contribution < 1.29 is 19.1 Å². The topological polar surface area (TPSA) is 88.3 Å². The first-order valence-electron chi connectivity index (χ1n) is 12.4. The standard InChI is InChI=1S/C27H36N4O4/c1-4-29-13-15-30(16-14-29)23-9-5-7-20-21(23)18-31(27(20)33)22(8-6-10-26(28)32)19-11-12-24(34-2)25(17-19)35-3/h5,7,9,11-12,17,22H,4,6,8,10,13-16,18H2,1-3H3,(H2,28,32)/t22-/m1/s1. The molecule has 2 aromatic carbocycles. The molecule has 0 bridgehead atoms. The molecule has 2 aliphatic heterocycles. The lowest BCUT2D eigenvalue weighted by Gasteiger charge is -2.36. The van der Waals surface area contributed by atoms with Gasteiger partial charge >= 0.3 is 0 Å². The van der Waals surface area contributed by atoms with Crippen molar-refractivity contribution in [3.8, 4) is 11.5 Å². The lowest BCUT2D eigenvalue weighted by molar-refractivity contribution is -0.118. The Morgan fingerprint density at radius 1 is 1.06 bits per heavy atom. The van der Waals surface area contributed by atoms with E-state index in [9.17, 15) is 9.59 Å². The second-order valence-corrected chi connectivity index (χ2v) is 9.15. The minimum Gasteiger partial charge on any atom is -0.493 e. The molecule has 188 valence electrons. The molecule has 0 unspecified atom stereocenters. The SMILES string of the molecule is CCN1CCN(c2cccc3c2CN([C@H](CCCC(N)=O)c2ccc(OC)c(OC)c2)C3=O)CC1. The number of nitrogens with two attached hydrogens (primary N) is 1. The predicted octanol–water partition coefficient (Wildman–Crippen LogP) is 3.20. The van der Waals surface area contributed by atoms with Crippen molar-refractivity contribution in [1.29, 1.82) is 0 Å². The van der Waals surface area contributed by atoms with Gasteiger partial charge in [-0.3, -0.25) is 9.59 Å². The van der Waals surface area contributed by atoms with Crippen LogP contribution in [0.1, 0.15) is 53.7 Å². The third-order valence-electron chi connectivity index (χ3n) is 7.20. The van der Waals surface area contributed by atoms with Gasteiger partial charge in [0.1, 0.15) is 0 Å². The number of amides is 2. The van der Waals surface area contributed by atoms with Crippen LogP contribution in [0.25, 0.3) is 0 Å². The van der Waals surface area contributed by atoms with Gasteiger partial charge in [0.2, 0.25) is 5.91 Å². The van der Waals surface area contributed by atoms with Crippen LogP contribution < -0.4 is 20.1 Å². The Labute approximate surface area is 207 Å². The molecule has 0 radical (unpaired) electrons. The van der Waals surface area contributed by atoms with E-state index in [0.717, 1.165) is 55.1 Å². The van der Waals surface area contributed by atoms with Gasteiger partial charge in [0.25, 0.3) is 5.91 Å². The maximum absolute atomic E-state index is 13.7. The van der Waals surface area contributed by atoms with E-state index in [-0.39, 0.29) is 24.3 Å². The van der Waals surface area contributed by atoms with Crippen molar-refractivity contribution in [2.24, 2.45) is 5.73 Å². The van der Waals surface area contributed by atoms with Crippen LogP contribution in [0.4, 0.5) is 5.69 Å². The number of benzene rings is 2. The fourth-order valence-electron chi connectivity index (χ4n) is 5.22. The van der Waals surface area contributed by atoms with E-state index < -0.39 is 0 Å². The van der Waals surface area contributed by atoms with Crippen LogP contribution in [0, 0.1) is 0 Å². The number of carbonyl (C=O) groups excluding carboxylic acids is 2. The molecular weight excluding hydrogens is 444 g/mol. The Morgan fingerprint density at radius 3 is 2.46 bits per heavy atom. The molecule has 35 heavy (non-hydrogen) atoms. The Bertz CT molecular complexity index is 1070. The fourth-order valence-corrected chi connectivity index (χ4v) is 5.22. The quantitative estimate of drug-likeness (QED) is 0.562. The average Bonchev–Trinajstić information content (AvgIpc) is 3.22. The number of primary amides is 1. The molecule has 2 heterocycles. The lowest BCUT2D eigenvalue weighted by Crippen LogP contribution is -2.46. The molecular formula is C27H36N4O4. The van der Waals surface area contributed by atoms with E-state index >= 15 is 0 Å². The number of fused-ring (bicyclic) bond motifs is 1. The van der Waals surface area contributed by atoms with Gasteiger partial charge < -0.3 is 29.9 Å². The van der Waals surface area contributed by atoms with Crippen LogP contribution >= 0.6 is 0 Å². The number of hydrogen-bond donors (Lipinski definition) is 1. The first-order valence-corrected chi connectivity index (χ1v) is 12.4. The molecule has 0 saturated carbocycles. The largest absolute Gasteiger partial charge is 0.493 e. The molecule has 1 fully saturated rings. The van der Waals surface area contributed by atoms with Crippen molar-refractivity contribution in [2.45, 2.75) is 38.8 Å². The zero-order valence-corrected chi connectivity index (χ0v) is 21.0. The normalized spacial score (nSPS) is 16.8. The molecule has 0 spiro atoms. The summed E-state index contributed by atoms with van der Waals surface area (Å²) in [6.07, 6.45) is 1.51. The molecule has 2 aromatic rings. The van der Waals surface area contributed by atoms with Crippen LogP contribution in [0.3, 0.4) is 0 Å². The van der Waals surface area contributed by atoms with E-state index in [1.807, 2.05) is 35.2 Å². The van der Waals surface area contributed by atoms with E-state index in [1.54, 1.807) is 14.2 Å². The second kappa shape index (κ2) is 11.0. The first kappa shape index (κ1) is 24.9. The molecule has 2 N–H and O–H groups in total. The summed E-state index contributed by atoms with van der Waals surface area (Å²) in [5.74, 6) is 0.939. The number of likely N-dealkylation sites (N-methyl/N-ethyl adjacent to an activating group) is 1. The Hall–Kier alpha value is -3.26. The van der Waals surface area contributed by atoms with Crippen molar-refractivity contribution in [3.05, 3.63) is 53.1 Å². The van der Waals surface area contributed by atoms with Crippen molar-refractivity contribution in [2.75, 3.05) is 51.8 Å². The average molecular weight is 481 g/mol. The van der Waals surface area contributed by atoms with Gasteiger partial charge in [0, 0.05) is 56.0 Å². The van der Waals surface area contributed by atoms with E-state index in [2.05, 4.69) is 22.8 Å². The van der Waals surface area contributed by atoms with Gasteiger partial charge in [-0.25, -0.2) is 0 Å². The summed E-state index contributed by atoms with van der Waals surface area (Å²) in [5.41, 5.74) is 9.36. The number of piperazine rings is 1. The van der Waals surface area contributed by atoms with E-state index in [4.69, 9.17) is 15.2 Å². The van der Waals surface area contributed by atoms with Gasteiger partial charge in [0.05, 0.1) is 20.3 Å². The third kappa shape index (κ3) is 5.22. The number of methoxy groups -OCH3 is 2. The molecule has 1 saturated heterocycles. The predicted molar refractivity (Wildman–Crippen MR) is 136 cm³/mol. The highest BCUT2D eigenvalue weighted by atomic mass is 16.5. The Balaban J connectivity index is 1.63. The second-order valence-electron chi connectivity index (χ2n) is 9.15. The molecule has 0 aliphatic carbocycles. The summed E-state index contributed by atoms with van der Waals surface area (Å²) in [7, 11) is 3.20. The summed E-state index contributed by atoms with van der Waals surface area (Å²) in [4.78, 5) is 31.9. The number of ether oxygens (including phenoxy) is 2. The van der Waals surface area contributed by atoms with Crippen molar-refractivity contribution in [3.63, 3.8) is 0 Å². The number of carbonyl (C=O) groups is 2. The molecule has 8 heteroatoms. The fraction of sp³-hybridized carbons (Fsp3) is 0.481. The Kier molecular flexibility index (Phi) is 7.80. The molecule has 2 amide bonds. The zero-order chi connectivity index (χ0) is 24.9. The lowest BCUT2D eigenvalue weighted by atomic mass is 9.98. The highest BCUT2D eigenvalue weighted by Gasteiger charge is 2.36. The van der Waals surface area contributed by atoms with E-state index in [0.29, 0.717) is 30.9 Å². The smallest absolute Gasteiger partial charge is 0.255 e. The molecule has 1 atom stereocenters. The van der Waals surface area contributed by atoms with Gasteiger partial charge in [-0.15, -0.1) is 0 Å². The summed E-state index contributed by atoms with van der Waals surface area (Å²) in [6, 6.07) is 11.6. The monoisotopic (exact) mass is 480 g/mol. The minimum atomic E-state index is -0.333. The zero-order valence-electron chi connectivity index (χ0n) is 21.0. The Morgan fingerprint density at radius 2 is 1.80 bits per heavy atom. The minimum absolute atomic E-state index is 0.0212. The highest BCUT2D eigenvalue weighted by Crippen LogP contribution is 2.40. The summed E-state index contributed by atoms with van der Waals surface area (Å²) in [6.45, 7) is 7.75. The van der Waals surface area contributed by atoms with Crippen molar-refractivity contribution in [1.82, 2.24) is 9.80 Å². The van der Waals surface area contributed by atoms with Crippen LogP contribution in [0.5, 0.6) is 11.5 Å². The number of anilines is 1. The van der Waals surface area contributed by atoms with Gasteiger partial charge in [0.15, 0.2) is 11.5 Å². The molecule has 4 rings (SSSR count). The van der Waals surface area contributed by atoms with E-state index in [1.165, 1.54) is 0 Å². The number of nitrogens with zero attached hydrogens (tertiary/aromatic N) is 3. The van der Waals surface area contributed by atoms with Crippen molar-refractivity contribution >= 4 is 17.5 Å². The number of rotatable bonds is 10. The van der Waals surface area contributed by atoms with Crippen LogP contribution in [-0.4, -0.2) is 68.6 Å². The summed E-state index contributed by atoms with van der Waals surface area (Å²) in [5, 5.41) is 0. The van der Waals surface area contributed by atoms with Gasteiger partial charge in [-0.1, -0.05) is 19.1 Å². The highest BCUT2D eigenvalue weighted by molar-refractivity contribution is 6.00. The van der Waals surface area contributed by atoms with Crippen LogP contribution in [0.2, 0.25) is 0 Å². The molecule has 0 aromatic heterocycles. The van der Waals surface area contributed by atoms with Crippen LogP contribution in [0.15, 0.2) is 36.4 Å². The van der Waals surface area contributed by atoms with Gasteiger partial charge in [-0.05, 0) is 49.2 Å². The number of hydrogen-bond acceptors (Lipinski definition) is 6. The first-order chi connectivity index (χ1) is 17.0. The van der Waals surface area contributed by atoms with Gasteiger partial charge in [-0.2, -0.15) is 0 Å². The maximum Gasteiger partial charge on any atom is 0.255 e. The van der Waals surface area contributed by atoms with Crippen LogP contribution in [-0.2, 0) is 11.3 Å². The molecule has 8 nitrogen and oxygen atoms in total. The molecule has 2 aliphatic rings. The summed E-state index contributed by atoms with van der Waals surface area (Å²) < 4.78 is 10.9. The summed E-state index contributed by atoms with van der Waals surface area (Å²) >= 11 is 0. The maximum atomic E-state index is 13.7. The third-order valence-corrected chi connectivity index (χ3v) is 7.20.